The SMILES string of the molecule is O[C@H]1CCN(CC2Cc3ccccc32)C1. The highest BCUT2D eigenvalue weighted by Crippen LogP contribution is 2.35. The fourth-order valence-corrected chi connectivity index (χ4v) is 2.82. The van der Waals surface area contributed by atoms with Crippen LogP contribution in [0.2, 0.25) is 0 Å². The van der Waals surface area contributed by atoms with Crippen LogP contribution in [-0.4, -0.2) is 35.7 Å². The number of nitrogens with zero attached hydrogens (tertiary/aromatic N) is 1. The Balaban J connectivity index is 1.63. The Labute approximate surface area is 90.5 Å². The van der Waals surface area contributed by atoms with E-state index in [-0.39, 0.29) is 6.10 Å². The number of aliphatic hydroxyl groups excluding tert-OH is 1. The van der Waals surface area contributed by atoms with Crippen LogP contribution in [0.3, 0.4) is 0 Å². The van der Waals surface area contributed by atoms with E-state index in [0.29, 0.717) is 5.92 Å². The highest BCUT2D eigenvalue weighted by Gasteiger charge is 2.29. The van der Waals surface area contributed by atoms with E-state index in [2.05, 4.69) is 29.2 Å². The second-order valence-electron chi connectivity index (χ2n) is 4.80. The van der Waals surface area contributed by atoms with Gasteiger partial charge in [0, 0.05) is 25.6 Å². The third-order valence-corrected chi connectivity index (χ3v) is 3.69. The number of likely N-dealkylation sites (tertiary alicyclic amines) is 1. The molecule has 1 fully saturated rings. The van der Waals surface area contributed by atoms with Crippen LogP contribution in [0, 0.1) is 0 Å². The van der Waals surface area contributed by atoms with Crippen molar-refractivity contribution in [1.29, 1.82) is 0 Å². The average Bonchev–Trinajstić information content (AvgIpc) is 2.61. The van der Waals surface area contributed by atoms with Crippen LogP contribution in [0.25, 0.3) is 0 Å². The Bertz CT molecular complexity index is 363. The van der Waals surface area contributed by atoms with Gasteiger partial charge in [0.1, 0.15) is 0 Å². The summed E-state index contributed by atoms with van der Waals surface area (Å²) in [6.45, 7) is 3.08. The molecule has 3 rings (SSSR count). The first kappa shape index (κ1) is 9.37. The van der Waals surface area contributed by atoms with Gasteiger partial charge in [0.2, 0.25) is 0 Å². The standard InChI is InChI=1S/C13H17NO/c15-12-5-6-14(9-12)8-11-7-10-3-1-2-4-13(10)11/h1-4,11-12,15H,5-9H2/t11?,12-/m0/s1. The zero-order valence-electron chi connectivity index (χ0n) is 8.89. The quantitative estimate of drug-likeness (QED) is 0.785. The van der Waals surface area contributed by atoms with Crippen LogP contribution >= 0.6 is 0 Å². The van der Waals surface area contributed by atoms with E-state index >= 15 is 0 Å². The Kier molecular flexibility index (Phi) is 2.26. The van der Waals surface area contributed by atoms with Gasteiger partial charge in [0.15, 0.2) is 0 Å². The summed E-state index contributed by atoms with van der Waals surface area (Å²) in [7, 11) is 0. The monoisotopic (exact) mass is 203 g/mol. The summed E-state index contributed by atoms with van der Waals surface area (Å²) in [5, 5.41) is 9.46. The summed E-state index contributed by atoms with van der Waals surface area (Å²) >= 11 is 0. The molecule has 0 bridgehead atoms. The van der Waals surface area contributed by atoms with Crippen molar-refractivity contribution in [3.05, 3.63) is 35.4 Å². The fraction of sp³-hybridized carbons (Fsp3) is 0.538. The molecule has 2 atom stereocenters. The number of benzene rings is 1. The molecule has 0 saturated carbocycles. The molecule has 1 aliphatic heterocycles. The minimum absolute atomic E-state index is 0.0830. The molecule has 2 heteroatoms. The van der Waals surface area contributed by atoms with Crippen molar-refractivity contribution in [2.24, 2.45) is 0 Å². The molecule has 1 aromatic carbocycles. The van der Waals surface area contributed by atoms with Gasteiger partial charge in [-0.3, -0.25) is 0 Å². The van der Waals surface area contributed by atoms with Crippen molar-refractivity contribution in [2.75, 3.05) is 19.6 Å². The predicted octanol–water partition coefficient (Wildman–Crippen LogP) is 1.39. The lowest BCUT2D eigenvalue weighted by Crippen LogP contribution is -2.32. The predicted molar refractivity (Wildman–Crippen MR) is 60.0 cm³/mol. The lowest BCUT2D eigenvalue weighted by molar-refractivity contribution is 0.173. The number of aliphatic hydroxyl groups is 1. The Morgan fingerprint density at radius 2 is 2.20 bits per heavy atom. The molecule has 0 aromatic heterocycles. The molecule has 1 N–H and O–H groups in total. The van der Waals surface area contributed by atoms with Crippen molar-refractivity contribution < 1.29 is 5.11 Å². The number of hydrogen-bond donors (Lipinski definition) is 1. The molecule has 15 heavy (non-hydrogen) atoms. The molecule has 80 valence electrons. The van der Waals surface area contributed by atoms with Crippen LogP contribution in [0.15, 0.2) is 24.3 Å². The molecule has 0 radical (unpaired) electrons. The summed E-state index contributed by atoms with van der Waals surface area (Å²) in [6.07, 6.45) is 2.09. The average molecular weight is 203 g/mol. The lowest BCUT2D eigenvalue weighted by Gasteiger charge is -2.33. The summed E-state index contributed by atoms with van der Waals surface area (Å²) in [5.74, 6) is 0.714. The van der Waals surface area contributed by atoms with Gasteiger partial charge in [-0.2, -0.15) is 0 Å². The van der Waals surface area contributed by atoms with Crippen molar-refractivity contribution in [2.45, 2.75) is 24.9 Å². The van der Waals surface area contributed by atoms with Crippen molar-refractivity contribution in [3.8, 4) is 0 Å². The van der Waals surface area contributed by atoms with E-state index in [9.17, 15) is 5.11 Å². The molecule has 1 unspecified atom stereocenters. The fourth-order valence-electron chi connectivity index (χ4n) is 2.82. The molecule has 1 aliphatic carbocycles. The van der Waals surface area contributed by atoms with Gasteiger partial charge in [-0.1, -0.05) is 24.3 Å². The minimum Gasteiger partial charge on any atom is -0.392 e. The topological polar surface area (TPSA) is 23.5 Å². The van der Waals surface area contributed by atoms with E-state index in [0.717, 1.165) is 26.1 Å². The van der Waals surface area contributed by atoms with Crippen LogP contribution < -0.4 is 0 Å². The lowest BCUT2D eigenvalue weighted by atomic mass is 9.77. The molecular formula is C13H17NO. The highest BCUT2D eigenvalue weighted by atomic mass is 16.3. The zero-order valence-corrected chi connectivity index (χ0v) is 8.89. The van der Waals surface area contributed by atoms with Crippen LogP contribution in [0.1, 0.15) is 23.5 Å². The number of rotatable bonds is 2. The van der Waals surface area contributed by atoms with Gasteiger partial charge in [-0.15, -0.1) is 0 Å². The third kappa shape index (κ3) is 1.68. The molecule has 2 nitrogen and oxygen atoms in total. The summed E-state index contributed by atoms with van der Waals surface area (Å²) in [6, 6.07) is 8.72. The normalized spacial score (nSPS) is 29.9. The van der Waals surface area contributed by atoms with E-state index in [1.165, 1.54) is 17.5 Å². The molecule has 0 amide bonds. The van der Waals surface area contributed by atoms with Gasteiger partial charge in [-0.05, 0) is 24.0 Å². The van der Waals surface area contributed by atoms with Crippen molar-refractivity contribution in [3.63, 3.8) is 0 Å². The van der Waals surface area contributed by atoms with Gasteiger partial charge in [0.05, 0.1) is 6.10 Å². The Hall–Kier alpha value is -0.860. The number of β-amino-alcohol motifs (C(OH)–C–C–N with tert-alkyl or cyclic N) is 1. The maximum absolute atomic E-state index is 9.46. The Morgan fingerprint density at radius 1 is 1.33 bits per heavy atom. The van der Waals surface area contributed by atoms with Crippen LogP contribution in [0.4, 0.5) is 0 Å². The van der Waals surface area contributed by atoms with Crippen LogP contribution in [-0.2, 0) is 6.42 Å². The first-order valence-corrected chi connectivity index (χ1v) is 5.81. The number of fused-ring (bicyclic) bond motifs is 1. The van der Waals surface area contributed by atoms with Crippen molar-refractivity contribution >= 4 is 0 Å². The molecule has 1 saturated heterocycles. The summed E-state index contributed by atoms with van der Waals surface area (Å²) in [4.78, 5) is 2.39. The zero-order chi connectivity index (χ0) is 10.3. The van der Waals surface area contributed by atoms with Gasteiger partial charge >= 0.3 is 0 Å². The largest absolute Gasteiger partial charge is 0.392 e. The Morgan fingerprint density at radius 3 is 2.93 bits per heavy atom. The molecule has 1 heterocycles. The van der Waals surface area contributed by atoms with Gasteiger partial charge in [0.25, 0.3) is 0 Å². The highest BCUT2D eigenvalue weighted by molar-refractivity contribution is 5.40. The second-order valence-corrected chi connectivity index (χ2v) is 4.80. The van der Waals surface area contributed by atoms with Crippen LogP contribution in [0.5, 0.6) is 0 Å². The molecule has 2 aliphatic rings. The minimum atomic E-state index is -0.0830. The first-order chi connectivity index (χ1) is 7.33. The summed E-state index contributed by atoms with van der Waals surface area (Å²) in [5.41, 5.74) is 3.04. The van der Waals surface area contributed by atoms with E-state index < -0.39 is 0 Å². The van der Waals surface area contributed by atoms with E-state index in [1.807, 2.05) is 0 Å². The molecular weight excluding hydrogens is 186 g/mol. The van der Waals surface area contributed by atoms with Crippen molar-refractivity contribution in [1.82, 2.24) is 4.90 Å². The number of hydrogen-bond acceptors (Lipinski definition) is 2. The van der Waals surface area contributed by atoms with E-state index in [1.54, 1.807) is 0 Å². The third-order valence-electron chi connectivity index (χ3n) is 3.69. The first-order valence-electron chi connectivity index (χ1n) is 5.81. The van der Waals surface area contributed by atoms with E-state index in [4.69, 9.17) is 0 Å². The maximum atomic E-state index is 9.46. The second kappa shape index (κ2) is 3.62. The maximum Gasteiger partial charge on any atom is 0.0679 e. The molecule has 0 spiro atoms. The summed E-state index contributed by atoms with van der Waals surface area (Å²) < 4.78 is 0. The smallest absolute Gasteiger partial charge is 0.0679 e. The van der Waals surface area contributed by atoms with Gasteiger partial charge in [-0.25, -0.2) is 0 Å². The van der Waals surface area contributed by atoms with Gasteiger partial charge < -0.3 is 10.0 Å². The molecule has 1 aromatic rings.